The molecular weight excluding hydrogens is 366 g/mol. The molecule has 3 N–H and O–H groups in total. The number of aryl methyl sites for hydroxylation is 2. The van der Waals surface area contributed by atoms with Gasteiger partial charge in [-0.15, -0.1) is 12.4 Å². The molecule has 1 amide bonds. The highest BCUT2D eigenvalue weighted by Gasteiger charge is 2.28. The Labute approximate surface area is 155 Å². The normalized spacial score (nSPS) is 19.1. The van der Waals surface area contributed by atoms with Crippen molar-refractivity contribution in [3.8, 4) is 0 Å². The lowest BCUT2D eigenvalue weighted by molar-refractivity contribution is -0.122. The molecule has 1 aromatic heterocycles. The van der Waals surface area contributed by atoms with Gasteiger partial charge in [0.25, 0.3) is 0 Å². The molecule has 10 heteroatoms. The number of hydrogen-bond acceptors (Lipinski definition) is 5. The average molecular weight is 394 g/mol. The minimum Gasteiger partial charge on any atom is -0.354 e. The molecule has 1 aliphatic heterocycles. The van der Waals surface area contributed by atoms with Crippen LogP contribution in [0.5, 0.6) is 0 Å². The number of amides is 1. The standard InChI is InChI=1S/C15H27N5O3S.ClH/c1-10-14(12(3)20(4)18-10)24(22,23)19-11(2)15(21)17-9-13-6-5-7-16-8-13;/h11,13,16,19H,5-9H2,1-4H3,(H,17,21);1H. The van der Waals surface area contributed by atoms with E-state index in [0.29, 0.717) is 23.9 Å². The molecule has 0 aliphatic carbocycles. The Hall–Kier alpha value is -1.16. The smallest absolute Gasteiger partial charge is 0.244 e. The molecule has 8 nitrogen and oxygen atoms in total. The zero-order valence-corrected chi connectivity index (χ0v) is 16.8. The Morgan fingerprint density at radius 1 is 1.44 bits per heavy atom. The van der Waals surface area contributed by atoms with Crippen LogP contribution in [-0.2, 0) is 21.9 Å². The summed E-state index contributed by atoms with van der Waals surface area (Å²) in [5.41, 5.74) is 0.962. The number of aromatic nitrogens is 2. The first-order valence-electron chi connectivity index (χ1n) is 8.23. The fourth-order valence-electron chi connectivity index (χ4n) is 2.98. The van der Waals surface area contributed by atoms with Gasteiger partial charge < -0.3 is 10.6 Å². The van der Waals surface area contributed by atoms with E-state index >= 15 is 0 Å². The van der Waals surface area contributed by atoms with Gasteiger partial charge in [0, 0.05) is 13.6 Å². The third kappa shape index (κ3) is 5.40. The molecule has 2 heterocycles. The molecule has 25 heavy (non-hydrogen) atoms. The first-order valence-corrected chi connectivity index (χ1v) is 9.71. The molecule has 144 valence electrons. The summed E-state index contributed by atoms with van der Waals surface area (Å²) in [5.74, 6) is 0.0812. The molecule has 0 bridgehead atoms. The van der Waals surface area contributed by atoms with Gasteiger partial charge in [0.15, 0.2) is 0 Å². The summed E-state index contributed by atoms with van der Waals surface area (Å²) in [5, 5.41) is 10.2. The van der Waals surface area contributed by atoms with Crippen molar-refractivity contribution in [3.05, 3.63) is 11.4 Å². The first kappa shape index (κ1) is 21.9. The van der Waals surface area contributed by atoms with Crippen molar-refractivity contribution in [3.63, 3.8) is 0 Å². The van der Waals surface area contributed by atoms with E-state index in [9.17, 15) is 13.2 Å². The van der Waals surface area contributed by atoms with Crippen LogP contribution in [0.1, 0.15) is 31.2 Å². The summed E-state index contributed by atoms with van der Waals surface area (Å²) in [6, 6.07) is -0.842. The fourth-order valence-corrected chi connectivity index (χ4v) is 4.63. The monoisotopic (exact) mass is 393 g/mol. The number of carbonyl (C=O) groups excluding carboxylic acids is 1. The molecule has 1 fully saturated rings. The summed E-state index contributed by atoms with van der Waals surface area (Å²) in [6.45, 7) is 7.34. The summed E-state index contributed by atoms with van der Waals surface area (Å²) in [4.78, 5) is 12.3. The third-order valence-corrected chi connectivity index (χ3v) is 6.19. The number of carbonyl (C=O) groups is 1. The van der Waals surface area contributed by atoms with Gasteiger partial charge in [0.05, 0.1) is 17.4 Å². The van der Waals surface area contributed by atoms with Crippen LogP contribution in [0.2, 0.25) is 0 Å². The predicted octanol–water partition coefficient (Wildman–Crippen LogP) is 0.241. The van der Waals surface area contributed by atoms with Gasteiger partial charge in [-0.05, 0) is 52.6 Å². The van der Waals surface area contributed by atoms with Gasteiger partial charge in [-0.2, -0.15) is 9.82 Å². The third-order valence-electron chi connectivity index (χ3n) is 4.40. The number of nitrogens with zero attached hydrogens (tertiary/aromatic N) is 2. The molecule has 0 saturated carbocycles. The average Bonchev–Trinajstić information content (AvgIpc) is 2.78. The lowest BCUT2D eigenvalue weighted by atomic mass is 10.00. The van der Waals surface area contributed by atoms with Gasteiger partial charge in [-0.3, -0.25) is 9.48 Å². The topological polar surface area (TPSA) is 105 Å². The van der Waals surface area contributed by atoms with E-state index in [2.05, 4.69) is 20.5 Å². The molecule has 0 radical (unpaired) electrons. The largest absolute Gasteiger partial charge is 0.354 e. The van der Waals surface area contributed by atoms with E-state index < -0.39 is 16.1 Å². The molecule has 0 spiro atoms. The number of nitrogens with one attached hydrogen (secondary N) is 3. The van der Waals surface area contributed by atoms with E-state index in [4.69, 9.17) is 0 Å². The maximum atomic E-state index is 12.6. The van der Waals surface area contributed by atoms with Crippen LogP contribution in [0.25, 0.3) is 0 Å². The Kier molecular flexibility index (Phi) is 7.86. The first-order chi connectivity index (χ1) is 11.2. The van der Waals surface area contributed by atoms with Gasteiger partial charge in [0.2, 0.25) is 15.9 Å². The van der Waals surface area contributed by atoms with Crippen LogP contribution in [-0.4, -0.2) is 49.8 Å². The van der Waals surface area contributed by atoms with E-state index in [-0.39, 0.29) is 23.2 Å². The van der Waals surface area contributed by atoms with E-state index in [1.807, 2.05) is 0 Å². The molecule has 2 unspecified atom stereocenters. The summed E-state index contributed by atoms with van der Waals surface area (Å²) < 4.78 is 29.1. The highest BCUT2D eigenvalue weighted by molar-refractivity contribution is 7.89. The van der Waals surface area contributed by atoms with Crippen molar-refractivity contribution in [1.82, 2.24) is 25.1 Å². The highest BCUT2D eigenvalue weighted by atomic mass is 35.5. The number of rotatable bonds is 6. The summed E-state index contributed by atoms with van der Waals surface area (Å²) in [6.07, 6.45) is 2.17. The van der Waals surface area contributed by atoms with Crippen molar-refractivity contribution < 1.29 is 13.2 Å². The zero-order valence-electron chi connectivity index (χ0n) is 15.1. The maximum Gasteiger partial charge on any atom is 0.244 e. The van der Waals surface area contributed by atoms with Crippen molar-refractivity contribution in [2.45, 2.75) is 44.6 Å². The predicted molar refractivity (Wildman–Crippen MR) is 98.3 cm³/mol. The fraction of sp³-hybridized carbons (Fsp3) is 0.733. The van der Waals surface area contributed by atoms with Crippen molar-refractivity contribution in [2.75, 3.05) is 19.6 Å². The number of hydrogen-bond donors (Lipinski definition) is 3. The number of piperidine rings is 1. The van der Waals surface area contributed by atoms with Crippen LogP contribution in [0.15, 0.2) is 4.90 Å². The Balaban J connectivity index is 0.00000312. The Morgan fingerprint density at radius 3 is 2.64 bits per heavy atom. The molecule has 1 aliphatic rings. The highest BCUT2D eigenvalue weighted by Crippen LogP contribution is 2.18. The molecule has 0 aromatic carbocycles. The van der Waals surface area contributed by atoms with Crippen LogP contribution >= 0.6 is 12.4 Å². The van der Waals surface area contributed by atoms with Crippen LogP contribution in [0.3, 0.4) is 0 Å². The van der Waals surface area contributed by atoms with Crippen molar-refractivity contribution >= 4 is 28.3 Å². The van der Waals surface area contributed by atoms with Crippen LogP contribution in [0, 0.1) is 19.8 Å². The molecule has 2 rings (SSSR count). The number of sulfonamides is 1. The van der Waals surface area contributed by atoms with E-state index in [0.717, 1.165) is 25.9 Å². The zero-order chi connectivity index (χ0) is 17.9. The molecular formula is C15H28ClN5O3S. The van der Waals surface area contributed by atoms with E-state index in [1.165, 1.54) is 4.68 Å². The second-order valence-corrected chi connectivity index (χ2v) is 8.07. The summed E-state index contributed by atoms with van der Waals surface area (Å²) in [7, 11) is -2.10. The molecule has 1 aromatic rings. The second-order valence-electron chi connectivity index (χ2n) is 6.42. The molecule has 2 atom stereocenters. The lowest BCUT2D eigenvalue weighted by Gasteiger charge is -2.23. The van der Waals surface area contributed by atoms with Crippen LogP contribution in [0.4, 0.5) is 0 Å². The van der Waals surface area contributed by atoms with Crippen molar-refractivity contribution in [2.24, 2.45) is 13.0 Å². The van der Waals surface area contributed by atoms with Crippen molar-refractivity contribution in [1.29, 1.82) is 0 Å². The maximum absolute atomic E-state index is 12.6. The van der Waals surface area contributed by atoms with Gasteiger partial charge >= 0.3 is 0 Å². The molecule has 1 saturated heterocycles. The van der Waals surface area contributed by atoms with E-state index in [1.54, 1.807) is 27.8 Å². The Bertz CT molecular complexity index is 698. The summed E-state index contributed by atoms with van der Waals surface area (Å²) >= 11 is 0. The van der Waals surface area contributed by atoms with Crippen LogP contribution < -0.4 is 15.4 Å². The lowest BCUT2D eigenvalue weighted by Crippen LogP contribution is -2.47. The number of halogens is 1. The minimum absolute atomic E-state index is 0. The van der Waals surface area contributed by atoms with Gasteiger partial charge in [-0.1, -0.05) is 0 Å². The van der Waals surface area contributed by atoms with Gasteiger partial charge in [-0.25, -0.2) is 8.42 Å². The SMILES string of the molecule is Cc1nn(C)c(C)c1S(=O)(=O)NC(C)C(=O)NCC1CCCNC1.Cl. The quantitative estimate of drug-likeness (QED) is 0.642. The minimum atomic E-state index is -3.79. The van der Waals surface area contributed by atoms with Gasteiger partial charge in [0.1, 0.15) is 4.90 Å². The Morgan fingerprint density at radius 2 is 2.12 bits per heavy atom. The second kappa shape index (κ2) is 8.98.